The molecule has 0 radical (unpaired) electrons. The third-order valence-electron chi connectivity index (χ3n) is 6.26. The van der Waals surface area contributed by atoms with E-state index in [0.29, 0.717) is 41.6 Å². The van der Waals surface area contributed by atoms with Crippen LogP contribution in [0.3, 0.4) is 0 Å². The summed E-state index contributed by atoms with van der Waals surface area (Å²) in [4.78, 5) is 37.5. The van der Waals surface area contributed by atoms with Crippen molar-refractivity contribution >= 4 is 34.5 Å². The number of hydrogen-bond donors (Lipinski definition) is 1. The molecule has 1 fully saturated rings. The highest BCUT2D eigenvalue weighted by Crippen LogP contribution is 2.32. The molecule has 1 unspecified atom stereocenters. The lowest BCUT2D eigenvalue weighted by Gasteiger charge is -2.39. The van der Waals surface area contributed by atoms with E-state index in [1.165, 1.54) is 4.90 Å². The summed E-state index contributed by atoms with van der Waals surface area (Å²) in [5.41, 5.74) is 3.54. The number of para-hydroxylation sites is 1. The van der Waals surface area contributed by atoms with Gasteiger partial charge in [0.15, 0.2) is 5.65 Å². The number of carbonyl (C=O) groups is 1. The van der Waals surface area contributed by atoms with Crippen LogP contribution >= 0.6 is 11.6 Å². The van der Waals surface area contributed by atoms with Gasteiger partial charge < -0.3 is 14.9 Å². The van der Waals surface area contributed by atoms with Gasteiger partial charge in [0, 0.05) is 25.7 Å². The second-order valence-corrected chi connectivity index (χ2v) is 9.32. The summed E-state index contributed by atoms with van der Waals surface area (Å²) in [6.45, 7) is 11.0. The summed E-state index contributed by atoms with van der Waals surface area (Å²) < 4.78 is 1.56. The molecule has 0 aliphatic carbocycles. The minimum absolute atomic E-state index is 0.151. The van der Waals surface area contributed by atoms with Crippen LogP contribution in [0.15, 0.2) is 29.1 Å². The topological polar surface area (TPSA) is 91.6 Å². The predicted molar refractivity (Wildman–Crippen MR) is 130 cm³/mol. The lowest BCUT2D eigenvalue weighted by molar-refractivity contribution is 0.136. The highest BCUT2D eigenvalue weighted by molar-refractivity contribution is 6.30. The standard InChI is InChI=1S/C24H28ClN5O3/c1-13(2)17-8-6-7-14(3)19(17)30-22-18(11-15(4)20(25)26-22)21(27-23(30)31)29-10-9-28(24(32)33)12-16(29)5/h6-8,11,13,16H,9-10,12H2,1-5H3,(H,32,33). The van der Waals surface area contributed by atoms with Gasteiger partial charge in [0.1, 0.15) is 11.0 Å². The van der Waals surface area contributed by atoms with E-state index in [2.05, 4.69) is 23.8 Å². The molecule has 174 valence electrons. The zero-order valence-electron chi connectivity index (χ0n) is 19.5. The van der Waals surface area contributed by atoms with E-state index in [0.717, 1.165) is 22.4 Å². The number of amides is 1. The number of fused-ring (bicyclic) bond motifs is 1. The van der Waals surface area contributed by atoms with Crippen LogP contribution in [0.25, 0.3) is 16.7 Å². The van der Waals surface area contributed by atoms with Gasteiger partial charge in [0.25, 0.3) is 0 Å². The molecule has 1 N–H and O–H groups in total. The minimum Gasteiger partial charge on any atom is -0.465 e. The number of halogens is 1. The van der Waals surface area contributed by atoms with Crippen LogP contribution in [-0.2, 0) is 0 Å². The molecule has 9 heteroatoms. The van der Waals surface area contributed by atoms with Crippen LogP contribution in [-0.4, -0.2) is 56.3 Å². The van der Waals surface area contributed by atoms with Gasteiger partial charge in [0.2, 0.25) is 0 Å². The summed E-state index contributed by atoms with van der Waals surface area (Å²) in [5.74, 6) is 0.697. The van der Waals surface area contributed by atoms with Gasteiger partial charge in [0.05, 0.1) is 11.1 Å². The number of anilines is 1. The number of aromatic nitrogens is 3. The average Bonchev–Trinajstić information content (AvgIpc) is 2.75. The van der Waals surface area contributed by atoms with Gasteiger partial charge >= 0.3 is 11.8 Å². The summed E-state index contributed by atoms with van der Waals surface area (Å²) in [6.07, 6.45) is -0.945. The van der Waals surface area contributed by atoms with E-state index >= 15 is 0 Å². The van der Waals surface area contributed by atoms with E-state index in [-0.39, 0.29) is 12.0 Å². The molecular weight excluding hydrogens is 442 g/mol. The number of aryl methyl sites for hydroxylation is 2. The van der Waals surface area contributed by atoms with Crippen molar-refractivity contribution < 1.29 is 9.90 Å². The number of rotatable bonds is 3. The highest BCUT2D eigenvalue weighted by atomic mass is 35.5. The monoisotopic (exact) mass is 469 g/mol. The molecule has 1 aliphatic rings. The first-order chi connectivity index (χ1) is 15.6. The maximum Gasteiger partial charge on any atom is 0.407 e. The van der Waals surface area contributed by atoms with Crippen molar-refractivity contribution in [2.45, 2.75) is 46.6 Å². The fourth-order valence-electron chi connectivity index (χ4n) is 4.53. The first-order valence-electron chi connectivity index (χ1n) is 11.0. The van der Waals surface area contributed by atoms with Crippen LogP contribution in [0.2, 0.25) is 5.15 Å². The van der Waals surface area contributed by atoms with Crippen molar-refractivity contribution in [3.63, 3.8) is 0 Å². The van der Waals surface area contributed by atoms with E-state index in [1.807, 2.05) is 49.9 Å². The second-order valence-electron chi connectivity index (χ2n) is 8.96. The van der Waals surface area contributed by atoms with Crippen molar-refractivity contribution in [1.29, 1.82) is 0 Å². The maximum absolute atomic E-state index is 13.5. The number of hydrogen-bond acceptors (Lipinski definition) is 5. The fraction of sp³-hybridized carbons (Fsp3) is 0.417. The molecule has 8 nitrogen and oxygen atoms in total. The minimum atomic E-state index is -0.945. The highest BCUT2D eigenvalue weighted by Gasteiger charge is 2.30. The Balaban J connectivity index is 1.99. The Morgan fingerprint density at radius 1 is 1.18 bits per heavy atom. The van der Waals surface area contributed by atoms with Crippen LogP contribution in [0.4, 0.5) is 10.6 Å². The van der Waals surface area contributed by atoms with Crippen molar-refractivity contribution in [2.24, 2.45) is 0 Å². The van der Waals surface area contributed by atoms with Gasteiger partial charge in [-0.3, -0.25) is 0 Å². The van der Waals surface area contributed by atoms with Crippen LogP contribution in [0.5, 0.6) is 0 Å². The lowest BCUT2D eigenvalue weighted by atomic mass is 9.98. The van der Waals surface area contributed by atoms with E-state index < -0.39 is 11.8 Å². The predicted octanol–water partition coefficient (Wildman–Crippen LogP) is 4.36. The van der Waals surface area contributed by atoms with Gasteiger partial charge in [-0.25, -0.2) is 19.1 Å². The molecule has 0 bridgehead atoms. The molecule has 3 aromatic rings. The second kappa shape index (κ2) is 8.67. The number of piperazine rings is 1. The summed E-state index contributed by atoms with van der Waals surface area (Å²) in [6, 6.07) is 7.73. The van der Waals surface area contributed by atoms with E-state index in [4.69, 9.17) is 11.6 Å². The number of pyridine rings is 1. The van der Waals surface area contributed by atoms with E-state index in [9.17, 15) is 14.7 Å². The van der Waals surface area contributed by atoms with E-state index in [1.54, 1.807) is 4.57 Å². The van der Waals surface area contributed by atoms with Gasteiger partial charge in [-0.15, -0.1) is 0 Å². The number of benzene rings is 1. The van der Waals surface area contributed by atoms with Gasteiger partial charge in [-0.2, -0.15) is 4.98 Å². The van der Waals surface area contributed by atoms with Crippen LogP contribution < -0.4 is 10.6 Å². The number of carboxylic acid groups (broad SMARTS) is 1. The van der Waals surface area contributed by atoms with Gasteiger partial charge in [-0.05, 0) is 49.4 Å². The first kappa shape index (κ1) is 23.0. The van der Waals surface area contributed by atoms with Crippen molar-refractivity contribution in [3.8, 4) is 5.69 Å². The summed E-state index contributed by atoms with van der Waals surface area (Å²) >= 11 is 6.43. The SMILES string of the molecule is Cc1cc2c(N3CCN(C(=O)O)CC3C)nc(=O)n(-c3c(C)cccc3C(C)C)c2nc1Cl. The zero-order valence-corrected chi connectivity index (χ0v) is 20.2. The molecular formula is C24H28ClN5O3. The largest absolute Gasteiger partial charge is 0.465 e. The summed E-state index contributed by atoms with van der Waals surface area (Å²) in [7, 11) is 0. The molecule has 0 saturated carbocycles. The van der Waals surface area contributed by atoms with Crippen LogP contribution in [0, 0.1) is 13.8 Å². The molecule has 1 amide bonds. The molecule has 1 saturated heterocycles. The quantitative estimate of drug-likeness (QED) is 0.573. The van der Waals surface area contributed by atoms with Crippen molar-refractivity contribution in [2.75, 3.05) is 24.5 Å². The Kier molecular flexibility index (Phi) is 6.05. The summed E-state index contributed by atoms with van der Waals surface area (Å²) in [5, 5.41) is 10.4. The molecule has 4 rings (SSSR count). The smallest absolute Gasteiger partial charge is 0.407 e. The Morgan fingerprint density at radius 3 is 2.55 bits per heavy atom. The zero-order chi connectivity index (χ0) is 24.0. The first-order valence-corrected chi connectivity index (χ1v) is 11.4. The normalized spacial score (nSPS) is 16.6. The Hall–Kier alpha value is -3.13. The Labute approximate surface area is 197 Å². The van der Waals surface area contributed by atoms with Crippen molar-refractivity contribution in [3.05, 3.63) is 56.6 Å². The molecule has 1 atom stereocenters. The molecule has 33 heavy (non-hydrogen) atoms. The van der Waals surface area contributed by atoms with Crippen LogP contribution in [0.1, 0.15) is 43.4 Å². The molecule has 0 spiro atoms. The third-order valence-corrected chi connectivity index (χ3v) is 6.64. The average molecular weight is 470 g/mol. The van der Waals surface area contributed by atoms with Crippen molar-refractivity contribution in [1.82, 2.24) is 19.4 Å². The maximum atomic E-state index is 13.5. The number of nitrogens with zero attached hydrogens (tertiary/aromatic N) is 5. The Morgan fingerprint density at radius 2 is 1.91 bits per heavy atom. The third kappa shape index (κ3) is 4.04. The molecule has 1 aromatic carbocycles. The molecule has 2 aromatic heterocycles. The van der Waals surface area contributed by atoms with Gasteiger partial charge in [-0.1, -0.05) is 43.6 Å². The Bertz CT molecular complexity index is 1300. The lowest BCUT2D eigenvalue weighted by Crippen LogP contribution is -2.54. The molecule has 1 aliphatic heterocycles. The fourth-order valence-corrected chi connectivity index (χ4v) is 4.66. The molecule has 3 heterocycles.